The molecule has 0 N–H and O–H groups in total. The van der Waals surface area contributed by atoms with E-state index in [2.05, 4.69) is 12.5 Å². The average molecular weight is 255 g/mol. The van der Waals surface area contributed by atoms with Crippen LogP contribution in [0.1, 0.15) is 12.5 Å². The Balaban J connectivity index is 1.99. The molecule has 1 heterocycles. The second-order valence-electron chi connectivity index (χ2n) is 4.68. The minimum Gasteiger partial charge on any atom is -0.361 e. The average Bonchev–Trinajstić information content (AvgIpc) is 2.41. The Hall–Kier alpha value is -2.05. The van der Waals surface area contributed by atoms with Gasteiger partial charge in [-0.25, -0.2) is 0 Å². The zero-order valence-electron chi connectivity index (χ0n) is 11.0. The summed E-state index contributed by atoms with van der Waals surface area (Å²) in [6, 6.07) is 9.68. The van der Waals surface area contributed by atoms with Crippen molar-refractivity contribution in [3.63, 3.8) is 0 Å². The highest BCUT2D eigenvalue weighted by atomic mass is 16.5. The maximum absolute atomic E-state index is 12.0. The normalized spacial score (nSPS) is 21.7. The Labute approximate surface area is 113 Å². The molecule has 2 atom stereocenters. The van der Waals surface area contributed by atoms with Crippen LogP contribution in [-0.2, 0) is 16.1 Å². The lowest BCUT2D eigenvalue weighted by atomic mass is 9.92. The van der Waals surface area contributed by atoms with Crippen molar-refractivity contribution in [3.8, 4) is 12.3 Å². The van der Waals surface area contributed by atoms with E-state index in [1.54, 1.807) is 4.90 Å². The first kappa shape index (κ1) is 13.4. The maximum atomic E-state index is 12.0. The molecule has 0 aliphatic carbocycles. The fourth-order valence-corrected chi connectivity index (χ4v) is 2.24. The number of hydrogen-bond donors (Lipinski definition) is 0. The summed E-state index contributed by atoms with van der Waals surface area (Å²) in [6.07, 6.45) is 4.81. The number of ether oxygens (including phenoxy) is 1. The molecule has 1 aliphatic rings. The molecule has 0 saturated carbocycles. The van der Waals surface area contributed by atoms with Crippen molar-refractivity contribution < 1.29 is 9.53 Å². The number of hydrogen-bond acceptors (Lipinski definition) is 2. The molecular formula is C16H17NO2. The van der Waals surface area contributed by atoms with Gasteiger partial charge in [0.1, 0.15) is 0 Å². The standard InChI is InChI=1S/C16H17NO2/c1-4-10-17-14(12(2)3)15(16(17)18)19-11-13-8-6-5-7-9-13/h1,5-9,14-15H,2,10-11H2,3H3/t14-,15+/m1/s1. The van der Waals surface area contributed by atoms with Crippen molar-refractivity contribution in [2.45, 2.75) is 25.7 Å². The summed E-state index contributed by atoms with van der Waals surface area (Å²) in [4.78, 5) is 13.6. The third-order valence-electron chi connectivity index (χ3n) is 3.19. The van der Waals surface area contributed by atoms with Gasteiger partial charge in [0.05, 0.1) is 19.2 Å². The van der Waals surface area contributed by atoms with E-state index < -0.39 is 6.10 Å². The molecule has 1 aromatic carbocycles. The van der Waals surface area contributed by atoms with Crippen molar-refractivity contribution in [2.24, 2.45) is 0 Å². The minimum atomic E-state index is -0.453. The molecule has 19 heavy (non-hydrogen) atoms. The summed E-state index contributed by atoms with van der Waals surface area (Å²) < 4.78 is 5.71. The van der Waals surface area contributed by atoms with E-state index in [9.17, 15) is 4.79 Å². The number of benzene rings is 1. The first-order valence-electron chi connectivity index (χ1n) is 6.20. The van der Waals surface area contributed by atoms with E-state index in [1.165, 1.54) is 0 Å². The molecule has 2 rings (SSSR count). The largest absolute Gasteiger partial charge is 0.361 e. The van der Waals surface area contributed by atoms with Gasteiger partial charge in [0.15, 0.2) is 6.10 Å². The van der Waals surface area contributed by atoms with E-state index in [0.717, 1.165) is 11.1 Å². The number of terminal acetylenes is 1. The predicted octanol–water partition coefficient (Wildman–Crippen LogP) is 1.99. The van der Waals surface area contributed by atoms with E-state index in [0.29, 0.717) is 13.2 Å². The molecule has 0 unspecified atom stereocenters. The quantitative estimate of drug-likeness (QED) is 0.457. The van der Waals surface area contributed by atoms with Crippen LogP contribution in [0.15, 0.2) is 42.5 Å². The highest BCUT2D eigenvalue weighted by molar-refractivity contribution is 5.89. The molecular weight excluding hydrogens is 238 g/mol. The Kier molecular flexibility index (Phi) is 4.03. The van der Waals surface area contributed by atoms with Gasteiger partial charge in [-0.3, -0.25) is 4.79 Å². The first-order chi connectivity index (χ1) is 9.15. The van der Waals surface area contributed by atoms with Gasteiger partial charge in [-0.05, 0) is 12.5 Å². The number of β-lactam (4-membered cyclic amide) rings is 1. The van der Waals surface area contributed by atoms with E-state index in [4.69, 9.17) is 11.2 Å². The van der Waals surface area contributed by atoms with Crippen LogP contribution in [0.25, 0.3) is 0 Å². The van der Waals surface area contributed by atoms with Crippen LogP contribution in [-0.4, -0.2) is 29.5 Å². The SMILES string of the molecule is C#CCN1C(=O)[C@@H](OCc2ccccc2)[C@H]1C(=C)C. The van der Waals surface area contributed by atoms with Gasteiger partial charge in [-0.15, -0.1) is 6.42 Å². The number of amides is 1. The minimum absolute atomic E-state index is 0.0538. The van der Waals surface area contributed by atoms with Gasteiger partial charge >= 0.3 is 0 Å². The number of carbonyl (C=O) groups excluding carboxylic acids is 1. The first-order valence-corrected chi connectivity index (χ1v) is 6.20. The smallest absolute Gasteiger partial charge is 0.255 e. The Morgan fingerprint density at radius 3 is 2.74 bits per heavy atom. The molecule has 1 fully saturated rings. The molecule has 3 heteroatoms. The zero-order chi connectivity index (χ0) is 13.8. The van der Waals surface area contributed by atoms with Crippen LogP contribution in [0.5, 0.6) is 0 Å². The van der Waals surface area contributed by atoms with Crippen molar-refractivity contribution in [1.29, 1.82) is 0 Å². The van der Waals surface area contributed by atoms with Gasteiger partial charge in [-0.2, -0.15) is 0 Å². The highest BCUT2D eigenvalue weighted by Crippen LogP contribution is 2.28. The molecule has 0 radical (unpaired) electrons. The van der Waals surface area contributed by atoms with Crippen LogP contribution < -0.4 is 0 Å². The fraction of sp³-hybridized carbons (Fsp3) is 0.312. The van der Waals surface area contributed by atoms with Gasteiger partial charge in [0.25, 0.3) is 5.91 Å². The number of carbonyl (C=O) groups is 1. The van der Waals surface area contributed by atoms with Crippen LogP contribution in [0.4, 0.5) is 0 Å². The van der Waals surface area contributed by atoms with E-state index in [-0.39, 0.29) is 11.9 Å². The van der Waals surface area contributed by atoms with Crippen molar-refractivity contribution in [1.82, 2.24) is 4.90 Å². The zero-order valence-corrected chi connectivity index (χ0v) is 11.0. The van der Waals surface area contributed by atoms with Crippen LogP contribution >= 0.6 is 0 Å². The molecule has 1 aliphatic heterocycles. The molecule has 1 aromatic rings. The summed E-state index contributed by atoms with van der Waals surface area (Å²) in [5, 5.41) is 0. The Morgan fingerprint density at radius 2 is 2.16 bits per heavy atom. The molecule has 0 bridgehead atoms. The van der Waals surface area contributed by atoms with Gasteiger partial charge < -0.3 is 9.64 Å². The van der Waals surface area contributed by atoms with Gasteiger partial charge in [0, 0.05) is 0 Å². The van der Waals surface area contributed by atoms with E-state index in [1.807, 2.05) is 37.3 Å². The Morgan fingerprint density at radius 1 is 1.47 bits per heavy atom. The molecule has 0 spiro atoms. The summed E-state index contributed by atoms with van der Waals surface area (Å²) in [5.41, 5.74) is 1.94. The lowest BCUT2D eigenvalue weighted by molar-refractivity contribution is -0.170. The molecule has 98 valence electrons. The molecule has 3 nitrogen and oxygen atoms in total. The second kappa shape index (κ2) is 5.73. The molecule has 1 saturated heterocycles. The number of nitrogens with zero attached hydrogens (tertiary/aromatic N) is 1. The summed E-state index contributed by atoms with van der Waals surface area (Å²) in [5.74, 6) is 2.43. The monoisotopic (exact) mass is 255 g/mol. The van der Waals surface area contributed by atoms with Gasteiger partial charge in [-0.1, -0.05) is 48.4 Å². The topological polar surface area (TPSA) is 29.5 Å². The summed E-state index contributed by atoms with van der Waals surface area (Å²) in [7, 11) is 0. The lowest BCUT2D eigenvalue weighted by Gasteiger charge is -2.46. The molecule has 1 amide bonds. The lowest BCUT2D eigenvalue weighted by Crippen LogP contribution is -2.65. The van der Waals surface area contributed by atoms with Crippen LogP contribution in [0.3, 0.4) is 0 Å². The van der Waals surface area contributed by atoms with Crippen LogP contribution in [0.2, 0.25) is 0 Å². The van der Waals surface area contributed by atoms with Crippen molar-refractivity contribution >= 4 is 5.91 Å². The van der Waals surface area contributed by atoms with Crippen molar-refractivity contribution in [2.75, 3.05) is 6.54 Å². The number of likely N-dealkylation sites (tertiary alicyclic amines) is 1. The second-order valence-corrected chi connectivity index (χ2v) is 4.68. The predicted molar refractivity (Wildman–Crippen MR) is 74.2 cm³/mol. The maximum Gasteiger partial charge on any atom is 0.255 e. The summed E-state index contributed by atoms with van der Waals surface area (Å²) in [6.45, 7) is 6.52. The number of rotatable bonds is 5. The highest BCUT2D eigenvalue weighted by Gasteiger charge is 2.48. The fourth-order valence-electron chi connectivity index (χ4n) is 2.24. The van der Waals surface area contributed by atoms with Crippen molar-refractivity contribution in [3.05, 3.63) is 48.0 Å². The Bertz CT molecular complexity index is 515. The van der Waals surface area contributed by atoms with Gasteiger partial charge in [0.2, 0.25) is 0 Å². The third-order valence-corrected chi connectivity index (χ3v) is 3.19. The molecule has 0 aromatic heterocycles. The van der Waals surface area contributed by atoms with Crippen LogP contribution in [0, 0.1) is 12.3 Å². The third kappa shape index (κ3) is 2.69. The summed E-state index contributed by atoms with van der Waals surface area (Å²) >= 11 is 0. The van der Waals surface area contributed by atoms with E-state index >= 15 is 0 Å².